The lowest BCUT2D eigenvalue weighted by atomic mass is 10.1. The van der Waals surface area contributed by atoms with E-state index in [1.165, 1.54) is 0 Å². The zero-order valence-corrected chi connectivity index (χ0v) is 16.9. The van der Waals surface area contributed by atoms with E-state index in [2.05, 4.69) is 15.8 Å². The smallest absolute Gasteiger partial charge is 0.262 e. The Morgan fingerprint density at radius 3 is 2.36 bits per heavy atom. The van der Waals surface area contributed by atoms with Gasteiger partial charge in [0.05, 0.1) is 26.5 Å². The Morgan fingerprint density at radius 1 is 1.07 bits per heavy atom. The summed E-state index contributed by atoms with van der Waals surface area (Å²) < 4.78 is 16.0. The monoisotopic (exact) mass is 385 g/mol. The minimum Gasteiger partial charge on any atom is -0.497 e. The van der Waals surface area contributed by atoms with Crippen molar-refractivity contribution in [1.82, 2.24) is 5.43 Å². The molecule has 28 heavy (non-hydrogen) atoms. The average molecular weight is 385 g/mol. The maximum absolute atomic E-state index is 12.4. The van der Waals surface area contributed by atoms with Gasteiger partial charge in [0.2, 0.25) is 0 Å². The molecule has 1 amide bonds. The number of nitrogens with zero attached hydrogens (tertiary/aromatic N) is 1. The molecular formula is C21H27N3O4. The number of carbonyl (C=O) groups excluding carboxylic acids is 1. The van der Waals surface area contributed by atoms with Gasteiger partial charge in [-0.2, -0.15) is 5.10 Å². The van der Waals surface area contributed by atoms with Crippen LogP contribution in [-0.2, 0) is 4.79 Å². The zero-order chi connectivity index (χ0) is 20.5. The summed E-state index contributed by atoms with van der Waals surface area (Å²) in [6.07, 6.45) is 0. The number of ether oxygens (including phenoxy) is 3. The van der Waals surface area contributed by atoms with Crippen LogP contribution in [0.15, 0.2) is 47.6 Å². The normalized spacial score (nSPS) is 12.1. The van der Waals surface area contributed by atoms with Crippen molar-refractivity contribution in [1.29, 1.82) is 0 Å². The standard InChI is InChI=1S/C21H27N3O4/c1-6-28-17-9-7-16(8-10-17)22-15(3)21(25)24-23-14(2)19-12-11-18(26-4)13-20(19)27-5/h7-13,15,22H,6H2,1-5H3,(H,24,25)/b23-14-/t15-/m0/s1. The molecule has 0 unspecified atom stereocenters. The molecule has 150 valence electrons. The molecule has 0 radical (unpaired) electrons. The van der Waals surface area contributed by atoms with Gasteiger partial charge in [0, 0.05) is 17.3 Å². The third-order valence-electron chi connectivity index (χ3n) is 4.07. The summed E-state index contributed by atoms with van der Waals surface area (Å²) in [5.74, 6) is 1.85. The van der Waals surface area contributed by atoms with Crippen molar-refractivity contribution in [2.24, 2.45) is 5.10 Å². The van der Waals surface area contributed by atoms with Gasteiger partial charge in [0.1, 0.15) is 23.3 Å². The Kier molecular flexibility index (Phi) is 7.68. The summed E-state index contributed by atoms with van der Waals surface area (Å²) in [6.45, 7) is 6.12. The van der Waals surface area contributed by atoms with Crippen LogP contribution in [-0.4, -0.2) is 38.5 Å². The molecule has 0 aliphatic carbocycles. The first-order valence-electron chi connectivity index (χ1n) is 9.04. The number of rotatable bonds is 9. The molecule has 0 saturated heterocycles. The Labute approximate surface area is 165 Å². The highest BCUT2D eigenvalue weighted by Crippen LogP contribution is 2.25. The second-order valence-electron chi connectivity index (χ2n) is 6.06. The van der Waals surface area contributed by atoms with Crippen LogP contribution < -0.4 is 25.0 Å². The van der Waals surface area contributed by atoms with Crippen LogP contribution >= 0.6 is 0 Å². The second-order valence-corrected chi connectivity index (χ2v) is 6.06. The van der Waals surface area contributed by atoms with Gasteiger partial charge in [0.15, 0.2) is 0 Å². The first-order chi connectivity index (χ1) is 13.5. The summed E-state index contributed by atoms with van der Waals surface area (Å²) in [4.78, 5) is 12.4. The van der Waals surface area contributed by atoms with Gasteiger partial charge in [-0.15, -0.1) is 0 Å². The number of anilines is 1. The molecule has 2 rings (SSSR count). The summed E-state index contributed by atoms with van der Waals surface area (Å²) in [5, 5.41) is 7.33. The second kappa shape index (κ2) is 10.2. The fourth-order valence-electron chi connectivity index (χ4n) is 2.52. The molecule has 2 N–H and O–H groups in total. The van der Waals surface area contributed by atoms with Crippen molar-refractivity contribution >= 4 is 17.3 Å². The molecule has 0 aliphatic heterocycles. The maximum atomic E-state index is 12.4. The van der Waals surface area contributed by atoms with Crippen molar-refractivity contribution in [3.05, 3.63) is 48.0 Å². The van der Waals surface area contributed by atoms with Crippen molar-refractivity contribution in [3.8, 4) is 17.2 Å². The Balaban J connectivity index is 1.99. The van der Waals surface area contributed by atoms with Crippen molar-refractivity contribution < 1.29 is 19.0 Å². The Hall–Kier alpha value is -3.22. The van der Waals surface area contributed by atoms with Crippen molar-refractivity contribution in [2.75, 3.05) is 26.1 Å². The Bertz CT molecular complexity index is 819. The number of benzene rings is 2. The highest BCUT2D eigenvalue weighted by molar-refractivity contribution is 6.02. The molecule has 7 heteroatoms. The lowest BCUT2D eigenvalue weighted by molar-refractivity contribution is -0.121. The van der Waals surface area contributed by atoms with Gasteiger partial charge in [-0.25, -0.2) is 5.43 Å². The SMILES string of the molecule is CCOc1ccc(N[C@@H](C)C(=O)N/N=C(/C)c2ccc(OC)cc2OC)cc1. The molecule has 7 nitrogen and oxygen atoms in total. The summed E-state index contributed by atoms with van der Waals surface area (Å²) in [6, 6.07) is 12.4. The fraction of sp³-hybridized carbons (Fsp3) is 0.333. The Morgan fingerprint density at radius 2 is 1.75 bits per heavy atom. The number of hydrogen-bond acceptors (Lipinski definition) is 6. The largest absolute Gasteiger partial charge is 0.497 e. The van der Waals surface area contributed by atoms with E-state index in [1.807, 2.05) is 43.3 Å². The lowest BCUT2D eigenvalue weighted by Gasteiger charge is -2.15. The summed E-state index contributed by atoms with van der Waals surface area (Å²) >= 11 is 0. The van der Waals surface area contributed by atoms with Crippen LogP contribution in [0.2, 0.25) is 0 Å². The number of nitrogens with one attached hydrogen (secondary N) is 2. The zero-order valence-electron chi connectivity index (χ0n) is 16.9. The average Bonchev–Trinajstić information content (AvgIpc) is 2.72. The molecule has 2 aromatic rings. The maximum Gasteiger partial charge on any atom is 0.262 e. The van der Waals surface area contributed by atoms with Gasteiger partial charge in [-0.1, -0.05) is 0 Å². The number of carbonyl (C=O) groups is 1. The molecule has 0 spiro atoms. The van der Waals surface area contributed by atoms with Crippen LogP contribution in [0.5, 0.6) is 17.2 Å². The van der Waals surface area contributed by atoms with Crippen molar-refractivity contribution in [3.63, 3.8) is 0 Å². The van der Waals surface area contributed by atoms with Gasteiger partial charge in [-0.05, 0) is 57.2 Å². The highest BCUT2D eigenvalue weighted by Gasteiger charge is 2.13. The van der Waals surface area contributed by atoms with E-state index < -0.39 is 6.04 Å². The first kappa shape index (κ1) is 21.1. The quantitative estimate of drug-likeness (QED) is 0.510. The van der Waals surface area contributed by atoms with E-state index in [4.69, 9.17) is 14.2 Å². The number of hydrazone groups is 1. The van der Waals surface area contributed by atoms with Gasteiger partial charge >= 0.3 is 0 Å². The van der Waals surface area contributed by atoms with Crippen LogP contribution in [0, 0.1) is 0 Å². The van der Waals surface area contributed by atoms with Gasteiger partial charge in [-0.3, -0.25) is 4.79 Å². The topological polar surface area (TPSA) is 81.2 Å². The molecule has 0 heterocycles. The summed E-state index contributed by atoms with van der Waals surface area (Å²) in [5.41, 5.74) is 4.81. The molecule has 2 aromatic carbocycles. The number of hydrogen-bond donors (Lipinski definition) is 2. The van der Waals surface area contributed by atoms with E-state index in [1.54, 1.807) is 34.1 Å². The van der Waals surface area contributed by atoms with Crippen molar-refractivity contribution in [2.45, 2.75) is 26.8 Å². The molecule has 0 fully saturated rings. The minimum absolute atomic E-state index is 0.249. The molecular weight excluding hydrogens is 358 g/mol. The third-order valence-corrected chi connectivity index (χ3v) is 4.07. The molecule has 0 saturated carbocycles. The number of amides is 1. The van der Waals surface area contributed by atoms with Crippen LogP contribution in [0.3, 0.4) is 0 Å². The van der Waals surface area contributed by atoms with E-state index in [0.29, 0.717) is 23.8 Å². The minimum atomic E-state index is -0.466. The molecule has 1 atom stereocenters. The summed E-state index contributed by atoms with van der Waals surface area (Å²) in [7, 11) is 3.17. The third kappa shape index (κ3) is 5.64. The molecule has 0 aliphatic rings. The molecule has 0 aromatic heterocycles. The van der Waals surface area contributed by atoms with E-state index in [-0.39, 0.29) is 5.91 Å². The highest BCUT2D eigenvalue weighted by atomic mass is 16.5. The van der Waals surface area contributed by atoms with Gasteiger partial charge < -0.3 is 19.5 Å². The van der Waals surface area contributed by atoms with Crippen LogP contribution in [0.25, 0.3) is 0 Å². The first-order valence-corrected chi connectivity index (χ1v) is 9.04. The number of methoxy groups -OCH3 is 2. The van der Waals surface area contributed by atoms with E-state index >= 15 is 0 Å². The van der Waals surface area contributed by atoms with E-state index in [9.17, 15) is 4.79 Å². The predicted octanol–water partition coefficient (Wildman–Crippen LogP) is 3.44. The van der Waals surface area contributed by atoms with Crippen LogP contribution in [0.1, 0.15) is 26.3 Å². The fourth-order valence-corrected chi connectivity index (χ4v) is 2.52. The predicted molar refractivity (Wildman–Crippen MR) is 111 cm³/mol. The van der Waals surface area contributed by atoms with Crippen LogP contribution in [0.4, 0.5) is 5.69 Å². The van der Waals surface area contributed by atoms with E-state index in [0.717, 1.165) is 17.0 Å². The molecule has 0 bridgehead atoms. The van der Waals surface area contributed by atoms with Gasteiger partial charge in [0.25, 0.3) is 5.91 Å². The lowest BCUT2D eigenvalue weighted by Crippen LogP contribution is -2.35.